The summed E-state index contributed by atoms with van der Waals surface area (Å²) < 4.78 is 36.1. The maximum absolute atomic E-state index is 12.1. The highest BCUT2D eigenvalue weighted by molar-refractivity contribution is 9.10. The minimum atomic E-state index is -4.46. The van der Waals surface area contributed by atoms with Crippen LogP contribution in [0.25, 0.3) is 0 Å². The fraction of sp³-hybridized carbons (Fsp3) is 0.167. The van der Waals surface area contributed by atoms with Gasteiger partial charge in [0.05, 0.1) is 0 Å². The molecule has 0 aliphatic rings. The molecule has 2 nitrogen and oxygen atoms in total. The molecule has 0 saturated heterocycles. The predicted octanol–water partition coefficient (Wildman–Crippen LogP) is 2.45. The van der Waals surface area contributed by atoms with Crippen LogP contribution in [-0.2, 0) is 6.18 Å². The van der Waals surface area contributed by atoms with E-state index in [4.69, 9.17) is 5.73 Å². The van der Waals surface area contributed by atoms with Gasteiger partial charge in [0, 0.05) is 4.47 Å². The van der Waals surface area contributed by atoms with E-state index in [0.717, 1.165) is 0 Å². The third-order valence-electron chi connectivity index (χ3n) is 1.14. The monoisotopic (exact) mass is 240 g/mol. The van der Waals surface area contributed by atoms with Crippen LogP contribution in [0.2, 0.25) is 0 Å². The van der Waals surface area contributed by atoms with Gasteiger partial charge in [-0.2, -0.15) is 13.2 Å². The number of pyridine rings is 1. The first-order chi connectivity index (χ1) is 5.41. The lowest BCUT2D eigenvalue weighted by Crippen LogP contribution is -2.10. The highest BCUT2D eigenvalue weighted by Crippen LogP contribution is 2.33. The Morgan fingerprint density at radius 2 is 1.92 bits per heavy atom. The summed E-state index contributed by atoms with van der Waals surface area (Å²) in [4.78, 5) is 3.15. The molecule has 0 unspecified atom stereocenters. The van der Waals surface area contributed by atoms with Crippen molar-refractivity contribution in [3.05, 3.63) is 22.3 Å². The molecule has 0 spiro atoms. The molecular weight excluding hydrogens is 237 g/mol. The summed E-state index contributed by atoms with van der Waals surface area (Å²) in [5.41, 5.74) is 4.09. The van der Waals surface area contributed by atoms with Gasteiger partial charge in [-0.3, -0.25) is 0 Å². The Hall–Kier alpha value is -0.780. The van der Waals surface area contributed by atoms with Crippen LogP contribution in [0.3, 0.4) is 0 Å². The number of aromatic nitrogens is 1. The Balaban J connectivity index is 3.23. The van der Waals surface area contributed by atoms with Crippen molar-refractivity contribution >= 4 is 21.7 Å². The molecule has 0 radical (unpaired) electrons. The lowest BCUT2D eigenvalue weighted by molar-refractivity contribution is -0.141. The molecule has 6 heteroatoms. The zero-order valence-electron chi connectivity index (χ0n) is 5.69. The van der Waals surface area contributed by atoms with Crippen molar-refractivity contribution in [2.75, 3.05) is 5.73 Å². The number of nitrogen functional groups attached to an aromatic ring is 1. The fourth-order valence-electron chi connectivity index (χ4n) is 0.656. The molecule has 0 amide bonds. The van der Waals surface area contributed by atoms with Crippen molar-refractivity contribution in [2.45, 2.75) is 6.18 Å². The quantitative estimate of drug-likeness (QED) is 0.757. The summed E-state index contributed by atoms with van der Waals surface area (Å²) in [6.07, 6.45) is -4.46. The third kappa shape index (κ3) is 1.88. The second kappa shape index (κ2) is 2.93. The Morgan fingerprint density at radius 1 is 1.33 bits per heavy atom. The van der Waals surface area contributed by atoms with E-state index < -0.39 is 11.9 Å². The Morgan fingerprint density at radius 3 is 2.33 bits per heavy atom. The maximum atomic E-state index is 12.1. The van der Waals surface area contributed by atoms with Gasteiger partial charge < -0.3 is 5.73 Å². The van der Waals surface area contributed by atoms with Crippen LogP contribution < -0.4 is 5.73 Å². The van der Waals surface area contributed by atoms with E-state index in [2.05, 4.69) is 20.9 Å². The maximum Gasteiger partial charge on any atom is 0.434 e. The first-order valence-corrected chi connectivity index (χ1v) is 3.70. The van der Waals surface area contributed by atoms with Crippen LogP contribution in [0.4, 0.5) is 19.0 Å². The summed E-state index contributed by atoms with van der Waals surface area (Å²) in [5, 5.41) is 0. The molecule has 0 aromatic carbocycles. The lowest BCUT2D eigenvalue weighted by atomic mass is 10.3. The second-order valence-corrected chi connectivity index (χ2v) is 2.92. The second-order valence-electron chi connectivity index (χ2n) is 2.06. The van der Waals surface area contributed by atoms with Crippen molar-refractivity contribution < 1.29 is 13.2 Å². The number of hydrogen-bond acceptors (Lipinski definition) is 2. The predicted molar refractivity (Wildman–Crippen MR) is 41.4 cm³/mol. The van der Waals surface area contributed by atoms with Gasteiger partial charge in [-0.1, -0.05) is 0 Å². The van der Waals surface area contributed by atoms with Gasteiger partial charge in [0.15, 0.2) is 5.69 Å². The average Bonchev–Trinajstić information content (AvgIpc) is 1.92. The van der Waals surface area contributed by atoms with E-state index in [1.807, 2.05) is 0 Å². The number of alkyl halides is 3. The Bertz CT molecular complexity index is 297. The van der Waals surface area contributed by atoms with Crippen LogP contribution in [0, 0.1) is 0 Å². The summed E-state index contributed by atoms with van der Waals surface area (Å²) >= 11 is 2.73. The molecule has 0 aliphatic heterocycles. The molecule has 0 bridgehead atoms. The van der Waals surface area contributed by atoms with E-state index in [0.29, 0.717) is 0 Å². The lowest BCUT2D eigenvalue weighted by Gasteiger charge is -2.07. The van der Waals surface area contributed by atoms with Crippen LogP contribution in [0.1, 0.15) is 5.69 Å². The van der Waals surface area contributed by atoms with Crippen molar-refractivity contribution in [3.8, 4) is 0 Å². The van der Waals surface area contributed by atoms with Gasteiger partial charge in [-0.15, -0.1) is 0 Å². The number of nitrogens with two attached hydrogens (primary N) is 1. The molecule has 66 valence electrons. The number of halogens is 4. The zero-order valence-corrected chi connectivity index (χ0v) is 7.28. The fourth-order valence-corrected chi connectivity index (χ4v) is 1.10. The summed E-state index contributed by atoms with van der Waals surface area (Å²) in [7, 11) is 0. The molecule has 1 heterocycles. The highest BCUT2D eigenvalue weighted by atomic mass is 79.9. The van der Waals surface area contributed by atoms with Crippen LogP contribution >= 0.6 is 15.9 Å². The highest BCUT2D eigenvalue weighted by Gasteiger charge is 2.34. The summed E-state index contributed by atoms with van der Waals surface area (Å²) in [5.74, 6) is -0.148. The Kier molecular flexibility index (Phi) is 2.27. The summed E-state index contributed by atoms with van der Waals surface area (Å²) in [6, 6.07) is 2.50. The molecule has 1 rings (SSSR count). The molecule has 2 N–H and O–H groups in total. The van der Waals surface area contributed by atoms with Gasteiger partial charge in [-0.25, -0.2) is 4.98 Å². The van der Waals surface area contributed by atoms with E-state index in [-0.39, 0.29) is 10.3 Å². The first kappa shape index (κ1) is 9.31. The number of rotatable bonds is 0. The van der Waals surface area contributed by atoms with Crippen LogP contribution in [-0.4, -0.2) is 4.98 Å². The SMILES string of the molecule is Nc1ccc(Br)c(C(F)(F)F)n1. The van der Waals surface area contributed by atoms with Gasteiger partial charge in [0.1, 0.15) is 5.82 Å². The molecule has 0 fully saturated rings. The molecule has 1 aromatic rings. The largest absolute Gasteiger partial charge is 0.434 e. The normalized spacial score (nSPS) is 11.7. The molecule has 12 heavy (non-hydrogen) atoms. The molecule has 0 aliphatic carbocycles. The Labute approximate surface area is 74.7 Å². The van der Waals surface area contributed by atoms with Gasteiger partial charge in [0.25, 0.3) is 0 Å². The van der Waals surface area contributed by atoms with E-state index >= 15 is 0 Å². The van der Waals surface area contributed by atoms with E-state index in [1.165, 1.54) is 12.1 Å². The van der Waals surface area contributed by atoms with E-state index in [9.17, 15) is 13.2 Å². The van der Waals surface area contributed by atoms with Gasteiger partial charge >= 0.3 is 6.18 Å². The van der Waals surface area contributed by atoms with E-state index in [1.54, 1.807) is 0 Å². The average molecular weight is 241 g/mol. The summed E-state index contributed by atoms with van der Waals surface area (Å²) in [6.45, 7) is 0. The zero-order chi connectivity index (χ0) is 9.35. The number of nitrogens with zero attached hydrogens (tertiary/aromatic N) is 1. The molecule has 0 atom stereocenters. The standard InChI is InChI=1S/C6H4BrF3N2/c7-3-1-2-4(11)12-5(3)6(8,9)10/h1-2H,(H2,11,12). The van der Waals surface area contributed by atoms with Crippen molar-refractivity contribution in [3.63, 3.8) is 0 Å². The molecular formula is C6H4BrF3N2. The minimum absolute atomic E-state index is 0.107. The van der Waals surface area contributed by atoms with Crippen molar-refractivity contribution in [2.24, 2.45) is 0 Å². The van der Waals surface area contributed by atoms with Crippen LogP contribution in [0.5, 0.6) is 0 Å². The van der Waals surface area contributed by atoms with Crippen molar-refractivity contribution in [1.82, 2.24) is 4.98 Å². The smallest absolute Gasteiger partial charge is 0.384 e. The topological polar surface area (TPSA) is 38.9 Å². The minimum Gasteiger partial charge on any atom is -0.384 e. The first-order valence-electron chi connectivity index (χ1n) is 2.90. The molecule has 0 saturated carbocycles. The molecule has 1 aromatic heterocycles. The van der Waals surface area contributed by atoms with Gasteiger partial charge in [-0.05, 0) is 28.1 Å². The van der Waals surface area contributed by atoms with Gasteiger partial charge in [0.2, 0.25) is 0 Å². The van der Waals surface area contributed by atoms with Crippen LogP contribution in [0.15, 0.2) is 16.6 Å². The third-order valence-corrected chi connectivity index (χ3v) is 1.78. The number of anilines is 1. The number of hydrogen-bond donors (Lipinski definition) is 1. The van der Waals surface area contributed by atoms with Crippen molar-refractivity contribution in [1.29, 1.82) is 0 Å².